The Morgan fingerprint density at radius 1 is 0.927 bits per heavy atom. The summed E-state index contributed by atoms with van der Waals surface area (Å²) in [5.74, 6) is -2.82. The smallest absolute Gasteiger partial charge is 0.407 e. The topological polar surface area (TPSA) is 143 Å². The molecule has 0 saturated heterocycles. The molecule has 3 amide bonds. The fourth-order valence-corrected chi connectivity index (χ4v) is 5.27. The lowest BCUT2D eigenvalue weighted by atomic mass is 9.84. The number of methoxy groups -OCH3 is 1. The van der Waals surface area contributed by atoms with Gasteiger partial charge in [-0.05, 0) is 63.4 Å². The quantitative estimate of drug-likeness (QED) is 0.280. The minimum absolute atomic E-state index is 0.205. The molecule has 6 atom stereocenters. The van der Waals surface area contributed by atoms with Crippen molar-refractivity contribution in [2.24, 2.45) is 23.7 Å². The fraction of sp³-hybridized carbons (Fsp3) is 0.677. The van der Waals surface area contributed by atoms with Crippen LogP contribution in [0.1, 0.15) is 73.3 Å². The van der Waals surface area contributed by atoms with Crippen LogP contribution in [0.2, 0.25) is 0 Å². The molecule has 1 aliphatic carbocycles. The number of esters is 1. The molecule has 0 aliphatic heterocycles. The minimum Gasteiger partial charge on any atom is -0.467 e. The van der Waals surface area contributed by atoms with Gasteiger partial charge in [0.1, 0.15) is 17.7 Å². The van der Waals surface area contributed by atoms with Gasteiger partial charge in [-0.3, -0.25) is 9.59 Å². The maximum atomic E-state index is 13.6. The molecule has 0 radical (unpaired) electrons. The van der Waals surface area contributed by atoms with E-state index in [1.165, 1.54) is 7.11 Å². The van der Waals surface area contributed by atoms with E-state index in [2.05, 4.69) is 16.0 Å². The second-order valence-corrected chi connectivity index (χ2v) is 12.6. The Labute approximate surface area is 244 Å². The van der Waals surface area contributed by atoms with Gasteiger partial charge in [0.25, 0.3) is 0 Å². The average Bonchev–Trinajstić information content (AvgIpc) is 3.38. The first-order valence-corrected chi connectivity index (χ1v) is 14.5. The largest absolute Gasteiger partial charge is 0.467 e. The summed E-state index contributed by atoms with van der Waals surface area (Å²) in [7, 11) is 1.26. The number of aliphatic hydroxyl groups excluding tert-OH is 1. The number of rotatable bonds is 12. The van der Waals surface area contributed by atoms with Crippen LogP contribution in [-0.2, 0) is 30.3 Å². The summed E-state index contributed by atoms with van der Waals surface area (Å²) in [4.78, 5) is 51.6. The Bertz CT molecular complexity index is 1020. The van der Waals surface area contributed by atoms with E-state index in [9.17, 15) is 24.3 Å². The number of nitrogens with one attached hydrogen (secondary N) is 3. The highest BCUT2D eigenvalue weighted by Gasteiger charge is 2.42. The number of carbonyl (C=O) groups is 4. The van der Waals surface area contributed by atoms with Crippen molar-refractivity contribution < 1.29 is 33.8 Å². The Balaban J connectivity index is 2.21. The Morgan fingerprint density at radius 2 is 1.54 bits per heavy atom. The van der Waals surface area contributed by atoms with Gasteiger partial charge in [-0.25, -0.2) is 9.59 Å². The third-order valence-electron chi connectivity index (χ3n) is 7.42. The zero-order valence-electron chi connectivity index (χ0n) is 25.7. The monoisotopic (exact) mass is 575 g/mol. The minimum atomic E-state index is -1.03. The van der Waals surface area contributed by atoms with E-state index in [1.54, 1.807) is 34.6 Å². The van der Waals surface area contributed by atoms with Crippen molar-refractivity contribution in [1.29, 1.82) is 0 Å². The van der Waals surface area contributed by atoms with E-state index >= 15 is 0 Å². The number of alkyl carbamates (subject to hydrolysis) is 1. The van der Waals surface area contributed by atoms with Gasteiger partial charge >= 0.3 is 12.1 Å². The summed E-state index contributed by atoms with van der Waals surface area (Å²) in [6.07, 6.45) is 0.543. The predicted octanol–water partition coefficient (Wildman–Crippen LogP) is 3.35. The van der Waals surface area contributed by atoms with Gasteiger partial charge < -0.3 is 30.5 Å². The summed E-state index contributed by atoms with van der Waals surface area (Å²) in [6, 6.07) is 7.08. The van der Waals surface area contributed by atoms with Crippen molar-refractivity contribution in [3.05, 3.63) is 35.9 Å². The van der Waals surface area contributed by atoms with Crippen molar-refractivity contribution in [2.75, 3.05) is 7.11 Å². The van der Waals surface area contributed by atoms with E-state index < -0.39 is 59.6 Å². The molecular weight excluding hydrogens is 526 g/mol. The number of hydrogen-bond acceptors (Lipinski definition) is 7. The third-order valence-corrected chi connectivity index (χ3v) is 7.42. The van der Waals surface area contributed by atoms with E-state index in [0.29, 0.717) is 19.3 Å². The van der Waals surface area contributed by atoms with Crippen LogP contribution in [-0.4, -0.2) is 65.9 Å². The van der Waals surface area contributed by atoms with Crippen LogP contribution < -0.4 is 16.0 Å². The molecule has 0 spiro atoms. The molecule has 4 N–H and O–H groups in total. The van der Waals surface area contributed by atoms with Gasteiger partial charge in [-0.1, -0.05) is 64.4 Å². The maximum absolute atomic E-state index is 13.6. The molecule has 10 heteroatoms. The van der Waals surface area contributed by atoms with Crippen LogP contribution in [0, 0.1) is 23.7 Å². The second kappa shape index (κ2) is 15.2. The highest BCUT2D eigenvalue weighted by Crippen LogP contribution is 2.36. The van der Waals surface area contributed by atoms with Crippen LogP contribution in [0.25, 0.3) is 0 Å². The van der Waals surface area contributed by atoms with Crippen LogP contribution in [0.3, 0.4) is 0 Å². The molecule has 1 fully saturated rings. The average molecular weight is 576 g/mol. The molecule has 3 unspecified atom stereocenters. The fourth-order valence-electron chi connectivity index (χ4n) is 5.27. The van der Waals surface area contributed by atoms with Crippen molar-refractivity contribution in [3.63, 3.8) is 0 Å². The SMILES string of the molecule is COC(=O)[C@@H](NC(=O)[C@@H](NC(=O)[C@H]1CCCC1C(O)C(Cc1ccccc1)NC(=O)OC(C)(C)C)C(C)C)C(C)C. The molecule has 2 rings (SSSR count). The molecule has 230 valence electrons. The molecule has 41 heavy (non-hydrogen) atoms. The molecule has 0 aromatic heterocycles. The van der Waals surface area contributed by atoms with Crippen molar-refractivity contribution in [3.8, 4) is 0 Å². The number of hydrogen-bond donors (Lipinski definition) is 4. The molecule has 10 nitrogen and oxygen atoms in total. The molecular formula is C31H49N3O7. The standard InChI is InChI=1S/C31H49N3O7/c1-18(2)24(28(37)34-25(19(3)4)29(38)40-8)33-27(36)22-16-12-15-21(22)26(35)23(17-20-13-10-9-11-14-20)32-30(39)41-31(5,6)7/h9-11,13-14,18-19,21-26,35H,12,15-17H2,1-8H3,(H,32,39)(H,33,36)(H,34,37)/t21?,22-,23?,24-,25-,26?/m0/s1. The lowest BCUT2D eigenvalue weighted by Gasteiger charge is -2.33. The van der Waals surface area contributed by atoms with Crippen molar-refractivity contribution >= 4 is 23.9 Å². The first kappa shape index (κ1) is 34.1. The van der Waals surface area contributed by atoms with Gasteiger partial charge in [-0.15, -0.1) is 0 Å². The summed E-state index contributed by atoms with van der Waals surface area (Å²) in [5, 5.41) is 20.0. The zero-order valence-corrected chi connectivity index (χ0v) is 25.7. The summed E-state index contributed by atoms with van der Waals surface area (Å²) in [5.41, 5.74) is 0.213. The van der Waals surface area contributed by atoms with Crippen molar-refractivity contribution in [2.45, 2.75) is 104 Å². The predicted molar refractivity (Wildman–Crippen MR) is 156 cm³/mol. The highest BCUT2D eigenvalue weighted by atomic mass is 16.6. The Kier molecular flexibility index (Phi) is 12.6. The lowest BCUT2D eigenvalue weighted by Crippen LogP contribution is -2.57. The van der Waals surface area contributed by atoms with Crippen LogP contribution in [0.5, 0.6) is 0 Å². The molecule has 1 aromatic rings. The second-order valence-electron chi connectivity index (χ2n) is 12.6. The Morgan fingerprint density at radius 3 is 2.07 bits per heavy atom. The maximum Gasteiger partial charge on any atom is 0.407 e. The first-order chi connectivity index (χ1) is 19.1. The number of benzene rings is 1. The zero-order chi connectivity index (χ0) is 30.9. The summed E-state index contributed by atoms with van der Waals surface area (Å²) >= 11 is 0. The van der Waals surface area contributed by atoms with E-state index in [1.807, 2.05) is 44.2 Å². The number of carbonyl (C=O) groups excluding carboxylic acids is 4. The molecule has 1 aliphatic rings. The first-order valence-electron chi connectivity index (χ1n) is 14.5. The van der Waals surface area contributed by atoms with Gasteiger partial charge in [0, 0.05) is 5.92 Å². The van der Waals surface area contributed by atoms with Crippen LogP contribution in [0.15, 0.2) is 30.3 Å². The van der Waals surface area contributed by atoms with Gasteiger partial charge in [0.05, 0.1) is 19.3 Å². The van der Waals surface area contributed by atoms with Crippen LogP contribution in [0.4, 0.5) is 4.79 Å². The molecule has 1 aromatic carbocycles. The highest BCUT2D eigenvalue weighted by molar-refractivity contribution is 5.91. The van der Waals surface area contributed by atoms with Crippen LogP contribution >= 0.6 is 0 Å². The van der Waals surface area contributed by atoms with Gasteiger partial charge in [-0.2, -0.15) is 0 Å². The number of ether oxygens (including phenoxy) is 2. The third kappa shape index (κ3) is 10.3. The summed E-state index contributed by atoms with van der Waals surface area (Å²) < 4.78 is 10.3. The normalized spacial score (nSPS) is 20.1. The van der Waals surface area contributed by atoms with Gasteiger partial charge in [0.15, 0.2) is 0 Å². The molecule has 1 saturated carbocycles. The summed E-state index contributed by atoms with van der Waals surface area (Å²) in [6.45, 7) is 12.5. The number of amides is 3. The number of aliphatic hydroxyl groups is 1. The van der Waals surface area contributed by atoms with E-state index in [-0.39, 0.29) is 17.7 Å². The van der Waals surface area contributed by atoms with E-state index in [4.69, 9.17) is 9.47 Å². The van der Waals surface area contributed by atoms with Crippen molar-refractivity contribution in [1.82, 2.24) is 16.0 Å². The van der Waals surface area contributed by atoms with Gasteiger partial charge in [0.2, 0.25) is 11.8 Å². The lowest BCUT2D eigenvalue weighted by molar-refractivity contribution is -0.147. The molecule has 0 heterocycles. The molecule has 0 bridgehead atoms. The van der Waals surface area contributed by atoms with E-state index in [0.717, 1.165) is 12.0 Å². The Hall–Kier alpha value is -3.14.